The first-order valence-corrected chi connectivity index (χ1v) is 7.18. The lowest BCUT2D eigenvalue weighted by Crippen LogP contribution is -2.47. The van der Waals surface area contributed by atoms with Crippen LogP contribution in [0.15, 0.2) is 18.2 Å². The van der Waals surface area contributed by atoms with Gasteiger partial charge in [0.2, 0.25) is 0 Å². The molecule has 2 atom stereocenters. The molecule has 3 nitrogen and oxygen atoms in total. The van der Waals surface area contributed by atoms with Crippen molar-refractivity contribution in [2.45, 2.75) is 32.9 Å². The average molecular weight is 262 g/mol. The molecule has 0 spiro atoms. The Hall–Kier alpha value is -0.900. The van der Waals surface area contributed by atoms with Gasteiger partial charge in [-0.1, -0.05) is 23.8 Å². The van der Waals surface area contributed by atoms with Gasteiger partial charge in [0.25, 0.3) is 0 Å². The number of nitrogens with one attached hydrogen (secondary N) is 1. The molecule has 2 rings (SSSR count). The van der Waals surface area contributed by atoms with Crippen LogP contribution in [0.4, 0.5) is 0 Å². The zero-order valence-corrected chi connectivity index (χ0v) is 12.6. The first kappa shape index (κ1) is 14.5. The number of ether oxygens (including phenoxy) is 1. The fourth-order valence-electron chi connectivity index (χ4n) is 2.75. The Morgan fingerprint density at radius 1 is 1.42 bits per heavy atom. The number of morpholine rings is 1. The maximum absolute atomic E-state index is 5.51. The summed E-state index contributed by atoms with van der Waals surface area (Å²) in [6, 6.07) is 7.61. The molecule has 1 aromatic rings. The van der Waals surface area contributed by atoms with Crippen molar-refractivity contribution in [2.75, 3.05) is 33.4 Å². The van der Waals surface area contributed by atoms with Gasteiger partial charge in [0.1, 0.15) is 0 Å². The highest BCUT2D eigenvalue weighted by atomic mass is 16.5. The Balaban J connectivity index is 2.13. The summed E-state index contributed by atoms with van der Waals surface area (Å²) in [5.41, 5.74) is 4.11. The van der Waals surface area contributed by atoms with Crippen molar-refractivity contribution in [1.82, 2.24) is 10.2 Å². The van der Waals surface area contributed by atoms with Crippen molar-refractivity contribution >= 4 is 0 Å². The molecule has 1 aliphatic heterocycles. The molecular formula is C16H26N2O. The lowest BCUT2D eigenvalue weighted by molar-refractivity contribution is -0.00418. The second kappa shape index (κ2) is 6.51. The van der Waals surface area contributed by atoms with Crippen LogP contribution in [0, 0.1) is 13.8 Å². The zero-order valence-electron chi connectivity index (χ0n) is 12.6. The number of rotatable bonds is 4. The highest BCUT2D eigenvalue weighted by Crippen LogP contribution is 2.21. The van der Waals surface area contributed by atoms with Crippen molar-refractivity contribution in [3.8, 4) is 0 Å². The lowest BCUT2D eigenvalue weighted by Gasteiger charge is -2.36. The van der Waals surface area contributed by atoms with Crippen molar-refractivity contribution in [2.24, 2.45) is 0 Å². The van der Waals surface area contributed by atoms with Gasteiger partial charge in [-0.2, -0.15) is 0 Å². The maximum Gasteiger partial charge on any atom is 0.0619 e. The molecule has 1 N–H and O–H groups in total. The second-order valence-electron chi connectivity index (χ2n) is 5.62. The molecule has 0 radical (unpaired) electrons. The molecule has 1 heterocycles. The van der Waals surface area contributed by atoms with E-state index in [0.29, 0.717) is 12.1 Å². The SMILES string of the molecule is CNC(CN1CCOCC1C)c1cc(C)ccc1C. The van der Waals surface area contributed by atoms with Crippen LogP contribution < -0.4 is 5.32 Å². The first-order chi connectivity index (χ1) is 9.11. The molecule has 0 bridgehead atoms. The van der Waals surface area contributed by atoms with E-state index in [0.717, 1.165) is 26.3 Å². The Morgan fingerprint density at radius 2 is 2.21 bits per heavy atom. The molecule has 1 saturated heterocycles. The van der Waals surface area contributed by atoms with Gasteiger partial charge in [0.05, 0.1) is 13.2 Å². The molecule has 0 saturated carbocycles. The van der Waals surface area contributed by atoms with Crippen LogP contribution >= 0.6 is 0 Å². The van der Waals surface area contributed by atoms with Crippen LogP contribution in [0.25, 0.3) is 0 Å². The summed E-state index contributed by atoms with van der Waals surface area (Å²) >= 11 is 0. The molecule has 1 aliphatic rings. The Bertz CT molecular complexity index is 419. The second-order valence-corrected chi connectivity index (χ2v) is 5.62. The molecule has 106 valence electrons. The van der Waals surface area contributed by atoms with E-state index in [1.54, 1.807) is 0 Å². The molecule has 0 aliphatic carbocycles. The van der Waals surface area contributed by atoms with Crippen molar-refractivity contribution in [3.05, 3.63) is 34.9 Å². The van der Waals surface area contributed by atoms with Gasteiger partial charge in [-0.05, 0) is 38.9 Å². The Kier molecular flexibility index (Phi) is 4.97. The van der Waals surface area contributed by atoms with Gasteiger partial charge in [0.15, 0.2) is 0 Å². The molecular weight excluding hydrogens is 236 g/mol. The minimum absolute atomic E-state index is 0.389. The fourth-order valence-corrected chi connectivity index (χ4v) is 2.75. The van der Waals surface area contributed by atoms with Crippen molar-refractivity contribution < 1.29 is 4.74 Å². The summed E-state index contributed by atoms with van der Waals surface area (Å²) < 4.78 is 5.51. The minimum atomic E-state index is 0.389. The average Bonchev–Trinajstić information content (AvgIpc) is 2.41. The van der Waals surface area contributed by atoms with Crippen LogP contribution in [0.2, 0.25) is 0 Å². The number of hydrogen-bond donors (Lipinski definition) is 1. The van der Waals surface area contributed by atoms with E-state index in [1.165, 1.54) is 16.7 Å². The summed E-state index contributed by atoms with van der Waals surface area (Å²) in [4.78, 5) is 2.52. The van der Waals surface area contributed by atoms with Crippen LogP contribution in [0.3, 0.4) is 0 Å². The highest BCUT2D eigenvalue weighted by Gasteiger charge is 2.23. The van der Waals surface area contributed by atoms with E-state index in [1.807, 2.05) is 0 Å². The third-order valence-corrected chi connectivity index (χ3v) is 4.08. The molecule has 0 aromatic heterocycles. The summed E-state index contributed by atoms with van der Waals surface area (Å²) in [6.07, 6.45) is 0. The van der Waals surface area contributed by atoms with E-state index in [2.05, 4.69) is 56.2 Å². The zero-order chi connectivity index (χ0) is 13.8. The van der Waals surface area contributed by atoms with Gasteiger partial charge in [-0.15, -0.1) is 0 Å². The summed E-state index contributed by atoms with van der Waals surface area (Å²) in [5.74, 6) is 0. The van der Waals surface area contributed by atoms with E-state index in [4.69, 9.17) is 4.74 Å². The van der Waals surface area contributed by atoms with Crippen LogP contribution in [-0.4, -0.2) is 44.3 Å². The maximum atomic E-state index is 5.51. The summed E-state index contributed by atoms with van der Waals surface area (Å²) in [6.45, 7) is 10.4. The molecule has 0 amide bonds. The third-order valence-electron chi connectivity index (χ3n) is 4.08. The van der Waals surface area contributed by atoms with Gasteiger partial charge < -0.3 is 10.1 Å². The van der Waals surface area contributed by atoms with E-state index in [9.17, 15) is 0 Å². The number of aryl methyl sites for hydroxylation is 2. The number of benzene rings is 1. The van der Waals surface area contributed by atoms with Gasteiger partial charge in [-0.25, -0.2) is 0 Å². The quantitative estimate of drug-likeness (QED) is 0.901. The van der Waals surface area contributed by atoms with Gasteiger partial charge >= 0.3 is 0 Å². The topological polar surface area (TPSA) is 24.5 Å². The normalized spacial score (nSPS) is 22.4. The Labute approximate surface area is 116 Å². The standard InChI is InChI=1S/C16H26N2O/c1-12-5-6-13(2)15(9-12)16(17-4)10-18-7-8-19-11-14(18)3/h5-6,9,14,16-17H,7-8,10-11H2,1-4H3. The predicted octanol–water partition coefficient (Wildman–Crippen LogP) is 2.28. The molecule has 19 heavy (non-hydrogen) atoms. The molecule has 1 aromatic carbocycles. The predicted molar refractivity (Wildman–Crippen MR) is 79.6 cm³/mol. The number of nitrogens with zero attached hydrogens (tertiary/aromatic N) is 1. The summed E-state index contributed by atoms with van der Waals surface area (Å²) in [7, 11) is 2.05. The minimum Gasteiger partial charge on any atom is -0.379 e. The van der Waals surface area contributed by atoms with Gasteiger partial charge in [0, 0.05) is 25.2 Å². The molecule has 2 unspecified atom stereocenters. The largest absolute Gasteiger partial charge is 0.379 e. The number of likely N-dealkylation sites (N-methyl/N-ethyl adjacent to an activating group) is 1. The smallest absolute Gasteiger partial charge is 0.0619 e. The fraction of sp³-hybridized carbons (Fsp3) is 0.625. The highest BCUT2D eigenvalue weighted by molar-refractivity contribution is 5.33. The molecule has 1 fully saturated rings. The Morgan fingerprint density at radius 3 is 2.89 bits per heavy atom. The van der Waals surface area contributed by atoms with Gasteiger partial charge in [-0.3, -0.25) is 4.90 Å². The van der Waals surface area contributed by atoms with E-state index in [-0.39, 0.29) is 0 Å². The summed E-state index contributed by atoms with van der Waals surface area (Å²) in [5, 5.41) is 3.47. The monoisotopic (exact) mass is 262 g/mol. The lowest BCUT2D eigenvalue weighted by atomic mass is 9.98. The van der Waals surface area contributed by atoms with Crippen LogP contribution in [-0.2, 0) is 4.74 Å². The first-order valence-electron chi connectivity index (χ1n) is 7.18. The van der Waals surface area contributed by atoms with Crippen LogP contribution in [0.5, 0.6) is 0 Å². The van der Waals surface area contributed by atoms with Crippen LogP contribution in [0.1, 0.15) is 29.7 Å². The number of hydrogen-bond acceptors (Lipinski definition) is 3. The third kappa shape index (κ3) is 3.56. The van der Waals surface area contributed by atoms with Crippen molar-refractivity contribution in [3.63, 3.8) is 0 Å². The van der Waals surface area contributed by atoms with E-state index < -0.39 is 0 Å². The van der Waals surface area contributed by atoms with Crippen molar-refractivity contribution in [1.29, 1.82) is 0 Å². The molecule has 3 heteroatoms. The van der Waals surface area contributed by atoms with E-state index >= 15 is 0 Å².